The molecule has 0 amide bonds. The first-order valence-corrected chi connectivity index (χ1v) is 7.70. The van der Waals surface area contributed by atoms with Crippen LogP contribution >= 0.6 is 0 Å². The Morgan fingerprint density at radius 1 is 0.941 bits per heavy atom. The molecule has 0 radical (unpaired) electrons. The summed E-state index contributed by atoms with van der Waals surface area (Å²) in [6.07, 6.45) is 6.45. The molecule has 0 aliphatic heterocycles. The first-order valence-electron chi connectivity index (χ1n) is 7.70. The molecule has 106 valence electrons. The average Bonchev–Trinajstić information content (AvgIpc) is 2.40. The van der Waals surface area contributed by atoms with E-state index in [4.69, 9.17) is 0 Å². The van der Waals surface area contributed by atoms with Crippen molar-refractivity contribution < 1.29 is 0 Å². The molecule has 0 spiro atoms. The third-order valence-electron chi connectivity index (χ3n) is 3.24. The summed E-state index contributed by atoms with van der Waals surface area (Å²) in [6.45, 7) is 21.3. The maximum atomic E-state index is 3.94. The third kappa shape index (κ3) is 18.3. The molecule has 0 nitrogen and oxygen atoms in total. The van der Waals surface area contributed by atoms with Crippen molar-refractivity contribution in [3.63, 3.8) is 0 Å². The van der Waals surface area contributed by atoms with Gasteiger partial charge in [0.2, 0.25) is 0 Å². The van der Waals surface area contributed by atoms with E-state index in [0.717, 1.165) is 18.3 Å². The van der Waals surface area contributed by atoms with Crippen molar-refractivity contribution in [2.24, 2.45) is 11.8 Å². The normalized spacial score (nSPS) is 12.5. The molecule has 2 unspecified atom stereocenters. The lowest BCUT2D eigenvalue weighted by Gasteiger charge is -2.08. The van der Waals surface area contributed by atoms with E-state index in [1.807, 2.05) is 13.8 Å². The van der Waals surface area contributed by atoms with Crippen LogP contribution in [0.2, 0.25) is 0 Å². The third-order valence-corrected chi connectivity index (χ3v) is 3.24. The first-order chi connectivity index (χ1) is 8.03. The van der Waals surface area contributed by atoms with E-state index in [1.54, 1.807) is 0 Å². The fourth-order valence-electron chi connectivity index (χ4n) is 1.33. The van der Waals surface area contributed by atoms with E-state index >= 15 is 0 Å². The molecular weight excluding hydrogens is 204 g/mol. The zero-order valence-corrected chi connectivity index (χ0v) is 13.9. The summed E-state index contributed by atoms with van der Waals surface area (Å²) in [7, 11) is 0. The Bertz CT molecular complexity index is 135. The van der Waals surface area contributed by atoms with Gasteiger partial charge in [0.05, 0.1) is 0 Å². The topological polar surface area (TPSA) is 0 Å². The van der Waals surface area contributed by atoms with Gasteiger partial charge >= 0.3 is 0 Å². The van der Waals surface area contributed by atoms with Crippen LogP contribution in [0.3, 0.4) is 0 Å². The van der Waals surface area contributed by atoms with Gasteiger partial charge in [-0.3, -0.25) is 0 Å². The number of allylic oxidation sites excluding steroid dienone is 1. The van der Waals surface area contributed by atoms with Gasteiger partial charge in [0, 0.05) is 0 Å². The Hall–Kier alpha value is -0.260. The van der Waals surface area contributed by atoms with Gasteiger partial charge in [-0.2, -0.15) is 0 Å². The second-order valence-corrected chi connectivity index (χ2v) is 4.62. The molecule has 0 aromatic heterocycles. The van der Waals surface area contributed by atoms with Crippen molar-refractivity contribution in [1.82, 2.24) is 0 Å². The van der Waals surface area contributed by atoms with Crippen LogP contribution in [0.25, 0.3) is 0 Å². The quantitative estimate of drug-likeness (QED) is 0.446. The van der Waals surface area contributed by atoms with Gasteiger partial charge < -0.3 is 0 Å². The van der Waals surface area contributed by atoms with Crippen LogP contribution in [0.5, 0.6) is 0 Å². The molecule has 0 aliphatic rings. The molecule has 17 heavy (non-hydrogen) atoms. The van der Waals surface area contributed by atoms with E-state index in [-0.39, 0.29) is 0 Å². The summed E-state index contributed by atoms with van der Waals surface area (Å²) in [4.78, 5) is 0. The molecule has 0 aromatic rings. The van der Waals surface area contributed by atoms with Crippen LogP contribution in [-0.2, 0) is 0 Å². The summed E-state index contributed by atoms with van der Waals surface area (Å²) in [6, 6.07) is 0. The van der Waals surface area contributed by atoms with Crippen molar-refractivity contribution in [3.05, 3.63) is 12.2 Å². The Morgan fingerprint density at radius 2 is 1.41 bits per heavy atom. The van der Waals surface area contributed by atoms with Crippen LogP contribution < -0.4 is 0 Å². The molecule has 0 saturated heterocycles. The average molecular weight is 242 g/mol. The molecule has 2 atom stereocenters. The first kappa shape index (κ1) is 22.0. The molecule has 0 aliphatic carbocycles. The minimum absolute atomic E-state index is 0.722. The van der Waals surface area contributed by atoms with E-state index in [1.165, 1.54) is 31.3 Å². The van der Waals surface area contributed by atoms with E-state index in [9.17, 15) is 0 Å². The number of rotatable bonds is 6. The van der Waals surface area contributed by atoms with Crippen molar-refractivity contribution in [2.75, 3.05) is 0 Å². The maximum absolute atomic E-state index is 3.94. The predicted molar refractivity (Wildman–Crippen MR) is 84.6 cm³/mol. The molecule has 0 bridgehead atoms. The van der Waals surface area contributed by atoms with Crippen LogP contribution in [0.4, 0.5) is 0 Å². The van der Waals surface area contributed by atoms with Crippen molar-refractivity contribution in [1.29, 1.82) is 0 Å². The van der Waals surface area contributed by atoms with Gasteiger partial charge in [0.25, 0.3) is 0 Å². The van der Waals surface area contributed by atoms with Crippen LogP contribution in [0, 0.1) is 11.8 Å². The molecule has 0 fully saturated rings. The highest BCUT2D eigenvalue weighted by molar-refractivity contribution is 4.96. The molecule has 0 N–H and O–H groups in total. The van der Waals surface area contributed by atoms with Crippen LogP contribution in [-0.4, -0.2) is 0 Å². The second kappa shape index (κ2) is 18.1. The molecule has 0 aromatic carbocycles. The maximum Gasteiger partial charge on any atom is -0.0237 e. The van der Waals surface area contributed by atoms with Crippen molar-refractivity contribution in [3.8, 4) is 0 Å². The largest absolute Gasteiger partial charge is 0.0996 e. The molecule has 0 saturated carbocycles. The zero-order valence-electron chi connectivity index (χ0n) is 13.9. The number of hydrogen-bond donors (Lipinski definition) is 0. The highest BCUT2D eigenvalue weighted by Gasteiger charge is 1.98. The molecule has 0 heterocycles. The second-order valence-electron chi connectivity index (χ2n) is 4.62. The monoisotopic (exact) mass is 242 g/mol. The van der Waals surface area contributed by atoms with Gasteiger partial charge in [-0.1, -0.05) is 86.8 Å². The van der Waals surface area contributed by atoms with Crippen molar-refractivity contribution >= 4 is 0 Å². The number of hydrogen-bond acceptors (Lipinski definition) is 0. The molecular formula is C17H38. The van der Waals surface area contributed by atoms with Gasteiger partial charge in [-0.25, -0.2) is 0 Å². The summed E-state index contributed by atoms with van der Waals surface area (Å²) < 4.78 is 0. The summed E-state index contributed by atoms with van der Waals surface area (Å²) in [5, 5.41) is 0. The SMILES string of the molecule is C=C(CC)C(C)CC.CC.CCCC(C)CC. The van der Waals surface area contributed by atoms with Crippen LogP contribution in [0.1, 0.15) is 87.5 Å². The smallest absolute Gasteiger partial charge is 0.0237 e. The minimum atomic E-state index is 0.722. The van der Waals surface area contributed by atoms with Crippen molar-refractivity contribution in [2.45, 2.75) is 87.5 Å². The van der Waals surface area contributed by atoms with E-state index in [2.05, 4.69) is 48.1 Å². The van der Waals surface area contributed by atoms with Gasteiger partial charge in [-0.15, -0.1) is 0 Å². The lowest BCUT2D eigenvalue weighted by Crippen LogP contribution is -1.93. The Kier molecular flexibility index (Phi) is 23.4. The van der Waals surface area contributed by atoms with E-state index in [0.29, 0.717) is 0 Å². The minimum Gasteiger partial charge on any atom is -0.0996 e. The standard InChI is InChI=1S/C8H16.C7H16.C2H6/c1-5-7(3)8(4)6-2;1-4-6-7(3)5-2;1-2/h8H,3,5-6H2,1-2,4H3;7H,4-6H2,1-3H3;1-2H3. The summed E-state index contributed by atoms with van der Waals surface area (Å²) in [5.74, 6) is 1.67. The Labute approximate surface area is 112 Å². The molecule has 0 heteroatoms. The van der Waals surface area contributed by atoms with E-state index < -0.39 is 0 Å². The highest BCUT2D eigenvalue weighted by Crippen LogP contribution is 2.14. The highest BCUT2D eigenvalue weighted by atomic mass is 14.0. The lowest BCUT2D eigenvalue weighted by atomic mass is 9.98. The van der Waals surface area contributed by atoms with Crippen LogP contribution in [0.15, 0.2) is 12.2 Å². The predicted octanol–water partition coefficient (Wildman–Crippen LogP) is 6.86. The zero-order chi connectivity index (χ0) is 14.3. The van der Waals surface area contributed by atoms with Gasteiger partial charge in [-0.05, 0) is 24.7 Å². The molecule has 0 rings (SSSR count). The summed E-state index contributed by atoms with van der Waals surface area (Å²) in [5.41, 5.74) is 1.38. The van der Waals surface area contributed by atoms with Gasteiger partial charge in [0.1, 0.15) is 0 Å². The lowest BCUT2D eigenvalue weighted by molar-refractivity contribution is 0.509. The Balaban J connectivity index is -0.000000202. The fourth-order valence-corrected chi connectivity index (χ4v) is 1.33. The fraction of sp³-hybridized carbons (Fsp3) is 0.882. The van der Waals surface area contributed by atoms with Gasteiger partial charge in [0.15, 0.2) is 0 Å². The Morgan fingerprint density at radius 3 is 1.53 bits per heavy atom. The summed E-state index contributed by atoms with van der Waals surface area (Å²) >= 11 is 0.